The van der Waals surface area contributed by atoms with Crippen LogP contribution in [-0.4, -0.2) is 69.7 Å². The molecule has 0 aliphatic carbocycles. The fourth-order valence-corrected chi connectivity index (χ4v) is 9.06. The van der Waals surface area contributed by atoms with Crippen LogP contribution < -0.4 is 0 Å². The lowest BCUT2D eigenvalue weighted by molar-refractivity contribution is -0.175. The lowest BCUT2D eigenvalue weighted by Gasteiger charge is -2.33. The minimum atomic E-state index is -1.60. The van der Waals surface area contributed by atoms with Gasteiger partial charge in [-0.2, -0.15) is 0 Å². The molecule has 2 unspecified atom stereocenters. The van der Waals surface area contributed by atoms with E-state index in [2.05, 4.69) is 41.5 Å². The van der Waals surface area contributed by atoms with Crippen molar-refractivity contribution in [2.24, 2.45) is 10.8 Å². The molecule has 0 saturated carbocycles. The van der Waals surface area contributed by atoms with Gasteiger partial charge in [-0.05, 0) is 38.5 Å². The SMILES string of the molecule is CCCCCCCCOC(=O)C(O)C(CCCCCCCC)(CCCCCCCC)C(=O)O.CCCCCCCCOC(=O)C(O)C(CCCCCCCC)(CCCCCCCC)C(=O)O. The molecule has 0 aliphatic rings. The van der Waals surface area contributed by atoms with Gasteiger partial charge in [-0.3, -0.25) is 9.59 Å². The van der Waals surface area contributed by atoms with Crippen molar-refractivity contribution >= 4 is 23.9 Å². The van der Waals surface area contributed by atoms with Crippen LogP contribution >= 0.6 is 0 Å². The third kappa shape index (κ3) is 32.5. The fourth-order valence-electron chi connectivity index (χ4n) is 9.06. The summed E-state index contributed by atoms with van der Waals surface area (Å²) in [5.74, 6) is -3.65. The smallest absolute Gasteiger partial charge is 0.336 e. The highest BCUT2D eigenvalue weighted by molar-refractivity contribution is 5.86. The highest BCUT2D eigenvalue weighted by Crippen LogP contribution is 2.38. The molecule has 0 aromatic carbocycles. The van der Waals surface area contributed by atoms with Crippen LogP contribution in [0.2, 0.25) is 0 Å². The average molecular weight is 941 g/mol. The van der Waals surface area contributed by atoms with E-state index < -0.39 is 46.9 Å². The number of carbonyl (C=O) groups excluding carboxylic acids is 2. The summed E-state index contributed by atoms with van der Waals surface area (Å²) in [5, 5.41) is 42.1. The maximum atomic E-state index is 12.6. The molecule has 0 spiro atoms. The summed E-state index contributed by atoms with van der Waals surface area (Å²) in [6, 6.07) is 0. The molecule has 0 rings (SSSR count). The number of aliphatic hydroxyl groups is 2. The quantitative estimate of drug-likeness (QED) is 0.0340. The lowest BCUT2D eigenvalue weighted by atomic mass is 9.73. The number of carbonyl (C=O) groups is 4. The van der Waals surface area contributed by atoms with Crippen LogP contribution in [0.3, 0.4) is 0 Å². The number of aliphatic hydroxyl groups excluding tert-OH is 2. The van der Waals surface area contributed by atoms with E-state index in [1.165, 1.54) is 89.9 Å². The predicted molar refractivity (Wildman–Crippen MR) is 273 cm³/mol. The van der Waals surface area contributed by atoms with Gasteiger partial charge in [0, 0.05) is 0 Å². The molecule has 0 aliphatic heterocycles. The zero-order valence-electron chi connectivity index (χ0n) is 44.1. The molecule has 0 saturated heterocycles. The molecule has 2 atom stereocenters. The zero-order chi connectivity index (χ0) is 49.6. The van der Waals surface area contributed by atoms with Crippen LogP contribution in [0.5, 0.6) is 0 Å². The van der Waals surface area contributed by atoms with E-state index in [1.54, 1.807) is 0 Å². The Bertz CT molecular complexity index is 1010. The molecule has 10 nitrogen and oxygen atoms in total. The fraction of sp³-hybridized carbons (Fsp3) is 0.929. The van der Waals surface area contributed by atoms with E-state index in [9.17, 15) is 39.6 Å². The van der Waals surface area contributed by atoms with Crippen LogP contribution in [0.4, 0.5) is 0 Å². The first-order valence-corrected chi connectivity index (χ1v) is 28.1. The summed E-state index contributed by atoms with van der Waals surface area (Å²) < 4.78 is 10.7. The van der Waals surface area contributed by atoms with Crippen LogP contribution in [0.15, 0.2) is 0 Å². The minimum absolute atomic E-state index is 0.256. The van der Waals surface area contributed by atoms with Gasteiger partial charge >= 0.3 is 23.9 Å². The van der Waals surface area contributed by atoms with Crippen molar-refractivity contribution in [1.29, 1.82) is 0 Å². The molecule has 0 heterocycles. The summed E-state index contributed by atoms with van der Waals surface area (Å²) in [6.45, 7) is 13.5. The maximum absolute atomic E-state index is 12.6. The van der Waals surface area contributed by atoms with Crippen LogP contribution in [-0.2, 0) is 28.7 Å². The Balaban J connectivity index is 0. The van der Waals surface area contributed by atoms with Gasteiger partial charge in [0.15, 0.2) is 12.2 Å². The number of hydrogen-bond acceptors (Lipinski definition) is 8. The Morgan fingerprint density at radius 3 is 0.697 bits per heavy atom. The molecular weight excluding hydrogens is 833 g/mol. The second kappa shape index (κ2) is 46.5. The third-order valence-electron chi connectivity index (χ3n) is 13.7. The molecule has 0 bridgehead atoms. The first-order valence-electron chi connectivity index (χ1n) is 28.1. The topological polar surface area (TPSA) is 168 Å². The molecule has 392 valence electrons. The molecule has 0 fully saturated rings. The Kier molecular flexibility index (Phi) is 46.4. The summed E-state index contributed by atoms with van der Waals surface area (Å²) in [4.78, 5) is 50.1. The Morgan fingerprint density at radius 1 is 0.318 bits per heavy atom. The predicted octanol–water partition coefficient (Wildman–Crippen LogP) is 15.6. The Labute approximate surface area is 406 Å². The largest absolute Gasteiger partial charge is 0.481 e. The van der Waals surface area contributed by atoms with Gasteiger partial charge in [0.25, 0.3) is 0 Å². The molecule has 10 heteroatoms. The van der Waals surface area contributed by atoms with E-state index >= 15 is 0 Å². The molecule has 4 N–H and O–H groups in total. The van der Waals surface area contributed by atoms with Gasteiger partial charge in [0.2, 0.25) is 0 Å². The first-order chi connectivity index (χ1) is 31.9. The van der Waals surface area contributed by atoms with Gasteiger partial charge in [0.1, 0.15) is 10.8 Å². The molecule has 66 heavy (non-hydrogen) atoms. The van der Waals surface area contributed by atoms with Crippen molar-refractivity contribution in [3.8, 4) is 0 Å². The number of ether oxygens (including phenoxy) is 2. The molecule has 0 aromatic heterocycles. The lowest BCUT2D eigenvalue weighted by Crippen LogP contribution is -2.47. The normalized spacial score (nSPS) is 12.6. The van der Waals surface area contributed by atoms with Crippen molar-refractivity contribution in [1.82, 2.24) is 0 Å². The van der Waals surface area contributed by atoms with Crippen LogP contribution in [0.25, 0.3) is 0 Å². The van der Waals surface area contributed by atoms with E-state index in [0.29, 0.717) is 51.4 Å². The first kappa shape index (κ1) is 65.9. The van der Waals surface area contributed by atoms with E-state index in [0.717, 1.165) is 116 Å². The van der Waals surface area contributed by atoms with Crippen molar-refractivity contribution in [2.75, 3.05) is 13.2 Å². The average Bonchev–Trinajstić information content (AvgIpc) is 3.30. The Morgan fingerprint density at radius 2 is 0.500 bits per heavy atom. The third-order valence-corrected chi connectivity index (χ3v) is 13.7. The van der Waals surface area contributed by atoms with Crippen LogP contribution in [0, 0.1) is 10.8 Å². The van der Waals surface area contributed by atoms with Crippen molar-refractivity contribution in [2.45, 2.75) is 311 Å². The standard InChI is InChI=1S/2C28H54O5/c2*1-4-7-10-13-16-19-22-28(27(31)32,23-20-17-14-11-8-5-2)25(29)26(30)33-24-21-18-15-12-9-6-3/h2*25,29H,4-24H2,1-3H3,(H,31,32). The number of rotatable bonds is 48. The molecule has 0 amide bonds. The van der Waals surface area contributed by atoms with Crippen molar-refractivity contribution in [3.05, 3.63) is 0 Å². The molecule has 0 aromatic rings. The zero-order valence-corrected chi connectivity index (χ0v) is 44.1. The summed E-state index contributed by atoms with van der Waals surface area (Å²) in [7, 11) is 0. The number of carboxylic acids is 2. The summed E-state index contributed by atoms with van der Waals surface area (Å²) in [5.41, 5.74) is -2.87. The van der Waals surface area contributed by atoms with E-state index in [-0.39, 0.29) is 13.2 Å². The van der Waals surface area contributed by atoms with Crippen molar-refractivity contribution < 1.29 is 49.1 Å². The second-order valence-electron chi connectivity index (χ2n) is 19.7. The summed E-state index contributed by atoms with van der Waals surface area (Å²) >= 11 is 0. The van der Waals surface area contributed by atoms with Gasteiger partial charge in [0.05, 0.1) is 13.2 Å². The summed E-state index contributed by atoms with van der Waals surface area (Å²) in [6.07, 6.45) is 36.0. The molecular formula is C56H108O10. The minimum Gasteiger partial charge on any atom is -0.481 e. The number of unbranched alkanes of at least 4 members (excludes halogenated alkanes) is 30. The molecule has 0 radical (unpaired) electrons. The number of carboxylic acid groups (broad SMARTS) is 2. The van der Waals surface area contributed by atoms with Gasteiger partial charge in [-0.1, -0.05) is 260 Å². The van der Waals surface area contributed by atoms with E-state index in [4.69, 9.17) is 9.47 Å². The Hall–Kier alpha value is -2.20. The van der Waals surface area contributed by atoms with Gasteiger partial charge in [-0.25, -0.2) is 9.59 Å². The second-order valence-corrected chi connectivity index (χ2v) is 19.7. The number of hydrogen-bond donors (Lipinski definition) is 4. The highest BCUT2D eigenvalue weighted by Gasteiger charge is 2.49. The number of esters is 2. The highest BCUT2D eigenvalue weighted by atomic mass is 16.6. The number of aliphatic carboxylic acids is 2. The monoisotopic (exact) mass is 941 g/mol. The van der Waals surface area contributed by atoms with Gasteiger partial charge < -0.3 is 29.9 Å². The van der Waals surface area contributed by atoms with Crippen molar-refractivity contribution in [3.63, 3.8) is 0 Å². The van der Waals surface area contributed by atoms with Gasteiger partial charge in [-0.15, -0.1) is 0 Å². The maximum Gasteiger partial charge on any atom is 0.336 e. The van der Waals surface area contributed by atoms with Crippen LogP contribution in [0.1, 0.15) is 298 Å². The van der Waals surface area contributed by atoms with E-state index in [1.807, 2.05) is 0 Å².